The molecule has 1 atom stereocenters. The Balaban J connectivity index is 2.04. The molecule has 0 saturated heterocycles. The standard InChI is InChI=1S/C17H24N4O/c1-12(2)15(14-6-5-7-18-8-14)9-20-16-10-19-11-17(21-16)22-13(3)4/h5-8,10-13,15H,9H2,1-4H3,(H,20,21). The molecule has 1 unspecified atom stereocenters. The van der Waals surface area contributed by atoms with E-state index >= 15 is 0 Å². The van der Waals surface area contributed by atoms with Crippen LogP contribution in [0.25, 0.3) is 0 Å². The van der Waals surface area contributed by atoms with Crippen molar-refractivity contribution in [2.24, 2.45) is 5.92 Å². The smallest absolute Gasteiger partial charge is 0.234 e. The summed E-state index contributed by atoms with van der Waals surface area (Å²) in [5.41, 5.74) is 1.23. The van der Waals surface area contributed by atoms with E-state index in [0.29, 0.717) is 17.7 Å². The van der Waals surface area contributed by atoms with Gasteiger partial charge >= 0.3 is 0 Å². The van der Waals surface area contributed by atoms with Crippen LogP contribution < -0.4 is 10.1 Å². The number of hydrogen-bond acceptors (Lipinski definition) is 5. The van der Waals surface area contributed by atoms with E-state index in [1.165, 1.54) is 5.56 Å². The Morgan fingerprint density at radius 1 is 1.09 bits per heavy atom. The largest absolute Gasteiger partial charge is 0.474 e. The first kappa shape index (κ1) is 16.2. The van der Waals surface area contributed by atoms with Crippen LogP contribution in [0.1, 0.15) is 39.2 Å². The highest BCUT2D eigenvalue weighted by Crippen LogP contribution is 2.24. The quantitative estimate of drug-likeness (QED) is 0.848. The average Bonchev–Trinajstić information content (AvgIpc) is 2.48. The lowest BCUT2D eigenvalue weighted by molar-refractivity contribution is 0.232. The second-order valence-electron chi connectivity index (χ2n) is 5.93. The number of pyridine rings is 1. The van der Waals surface area contributed by atoms with Gasteiger partial charge in [0, 0.05) is 24.9 Å². The van der Waals surface area contributed by atoms with E-state index in [9.17, 15) is 0 Å². The Bertz CT molecular complexity index is 572. The van der Waals surface area contributed by atoms with Gasteiger partial charge in [0.15, 0.2) is 0 Å². The van der Waals surface area contributed by atoms with Crippen molar-refractivity contribution in [3.63, 3.8) is 0 Å². The van der Waals surface area contributed by atoms with Gasteiger partial charge in [-0.2, -0.15) is 4.98 Å². The molecule has 0 aliphatic heterocycles. The first-order valence-electron chi connectivity index (χ1n) is 7.68. The Morgan fingerprint density at radius 2 is 1.91 bits per heavy atom. The Hall–Kier alpha value is -2.17. The molecule has 0 aliphatic carbocycles. The van der Waals surface area contributed by atoms with Gasteiger partial charge in [0.2, 0.25) is 5.88 Å². The summed E-state index contributed by atoms with van der Waals surface area (Å²) in [5.74, 6) is 2.14. The van der Waals surface area contributed by atoms with E-state index in [-0.39, 0.29) is 6.10 Å². The fourth-order valence-electron chi connectivity index (χ4n) is 2.28. The van der Waals surface area contributed by atoms with E-state index in [1.807, 2.05) is 26.1 Å². The summed E-state index contributed by atoms with van der Waals surface area (Å²) in [7, 11) is 0. The fourth-order valence-corrected chi connectivity index (χ4v) is 2.28. The summed E-state index contributed by atoms with van der Waals surface area (Å²) in [6, 6.07) is 4.09. The van der Waals surface area contributed by atoms with E-state index < -0.39 is 0 Å². The van der Waals surface area contributed by atoms with E-state index in [4.69, 9.17) is 4.74 Å². The number of rotatable bonds is 7. The first-order chi connectivity index (χ1) is 10.6. The predicted octanol–water partition coefficient (Wildman–Crippen LogP) is 3.51. The van der Waals surface area contributed by atoms with Gasteiger partial charge in [0.05, 0.1) is 18.5 Å². The van der Waals surface area contributed by atoms with Gasteiger partial charge in [0.1, 0.15) is 5.82 Å². The minimum atomic E-state index is 0.0864. The van der Waals surface area contributed by atoms with Crippen LogP contribution in [-0.4, -0.2) is 27.6 Å². The number of ether oxygens (including phenoxy) is 1. The van der Waals surface area contributed by atoms with Crippen LogP contribution in [-0.2, 0) is 0 Å². The van der Waals surface area contributed by atoms with Crippen LogP contribution in [0.3, 0.4) is 0 Å². The number of hydrogen-bond donors (Lipinski definition) is 1. The van der Waals surface area contributed by atoms with Crippen molar-refractivity contribution in [2.75, 3.05) is 11.9 Å². The third-order valence-electron chi connectivity index (χ3n) is 3.39. The van der Waals surface area contributed by atoms with E-state index in [1.54, 1.807) is 18.6 Å². The van der Waals surface area contributed by atoms with Gasteiger partial charge in [-0.1, -0.05) is 19.9 Å². The van der Waals surface area contributed by atoms with Gasteiger partial charge < -0.3 is 10.1 Å². The Kier molecular flexibility index (Phi) is 5.69. The lowest BCUT2D eigenvalue weighted by atomic mass is 9.89. The highest BCUT2D eigenvalue weighted by atomic mass is 16.5. The molecule has 5 heteroatoms. The average molecular weight is 300 g/mol. The second kappa shape index (κ2) is 7.73. The van der Waals surface area contributed by atoms with Crippen LogP contribution in [0, 0.1) is 5.92 Å². The molecule has 0 aliphatic rings. The Labute approximate surface area is 132 Å². The van der Waals surface area contributed by atoms with Crippen molar-refractivity contribution in [1.29, 1.82) is 0 Å². The second-order valence-corrected chi connectivity index (χ2v) is 5.93. The van der Waals surface area contributed by atoms with Gasteiger partial charge in [-0.15, -0.1) is 0 Å². The van der Waals surface area contributed by atoms with Crippen LogP contribution in [0.4, 0.5) is 5.82 Å². The highest BCUT2D eigenvalue weighted by Gasteiger charge is 2.16. The number of aromatic nitrogens is 3. The first-order valence-corrected chi connectivity index (χ1v) is 7.68. The third kappa shape index (κ3) is 4.69. The van der Waals surface area contributed by atoms with E-state index in [2.05, 4.69) is 40.2 Å². The number of nitrogens with zero attached hydrogens (tertiary/aromatic N) is 3. The van der Waals surface area contributed by atoms with Crippen molar-refractivity contribution >= 4 is 5.82 Å². The van der Waals surface area contributed by atoms with Gasteiger partial charge in [-0.25, -0.2) is 0 Å². The third-order valence-corrected chi connectivity index (χ3v) is 3.39. The lowest BCUT2D eigenvalue weighted by Gasteiger charge is -2.21. The molecular weight excluding hydrogens is 276 g/mol. The maximum atomic E-state index is 5.57. The summed E-state index contributed by atoms with van der Waals surface area (Å²) >= 11 is 0. The molecule has 22 heavy (non-hydrogen) atoms. The fraction of sp³-hybridized carbons (Fsp3) is 0.471. The predicted molar refractivity (Wildman–Crippen MR) is 88.1 cm³/mol. The molecular formula is C17H24N4O. The summed E-state index contributed by atoms with van der Waals surface area (Å²) in [4.78, 5) is 12.8. The van der Waals surface area contributed by atoms with Gasteiger partial charge in [0.25, 0.3) is 0 Å². The molecule has 0 amide bonds. The van der Waals surface area contributed by atoms with Crippen molar-refractivity contribution in [3.8, 4) is 5.88 Å². The zero-order valence-corrected chi connectivity index (χ0v) is 13.7. The maximum absolute atomic E-state index is 5.57. The molecule has 0 aromatic carbocycles. The molecule has 0 saturated carbocycles. The summed E-state index contributed by atoms with van der Waals surface area (Å²) in [6.45, 7) is 9.15. The number of anilines is 1. The topological polar surface area (TPSA) is 59.9 Å². The molecule has 1 N–H and O–H groups in total. The summed E-state index contributed by atoms with van der Waals surface area (Å²) in [5, 5.41) is 3.36. The van der Waals surface area contributed by atoms with Gasteiger partial charge in [-0.05, 0) is 31.4 Å². The molecule has 2 aromatic heterocycles. The van der Waals surface area contributed by atoms with Gasteiger partial charge in [-0.3, -0.25) is 9.97 Å². The lowest BCUT2D eigenvalue weighted by Crippen LogP contribution is -2.19. The van der Waals surface area contributed by atoms with Crippen LogP contribution in [0.2, 0.25) is 0 Å². The van der Waals surface area contributed by atoms with Crippen molar-refractivity contribution in [2.45, 2.75) is 39.7 Å². The van der Waals surface area contributed by atoms with Crippen molar-refractivity contribution in [1.82, 2.24) is 15.0 Å². The van der Waals surface area contributed by atoms with Crippen LogP contribution in [0.15, 0.2) is 36.9 Å². The SMILES string of the molecule is CC(C)Oc1cncc(NCC(c2cccnc2)C(C)C)n1. The zero-order chi connectivity index (χ0) is 15.9. The molecule has 0 fully saturated rings. The van der Waals surface area contributed by atoms with Crippen molar-refractivity contribution < 1.29 is 4.74 Å². The normalized spacial score (nSPS) is 12.5. The summed E-state index contributed by atoms with van der Waals surface area (Å²) < 4.78 is 5.57. The zero-order valence-electron chi connectivity index (χ0n) is 13.7. The minimum absolute atomic E-state index is 0.0864. The molecule has 5 nitrogen and oxygen atoms in total. The maximum Gasteiger partial charge on any atom is 0.234 e. The molecule has 0 radical (unpaired) electrons. The van der Waals surface area contributed by atoms with Crippen molar-refractivity contribution in [3.05, 3.63) is 42.5 Å². The van der Waals surface area contributed by atoms with Crippen LogP contribution >= 0.6 is 0 Å². The molecule has 2 rings (SSSR count). The molecule has 118 valence electrons. The molecule has 2 heterocycles. The Morgan fingerprint density at radius 3 is 2.55 bits per heavy atom. The van der Waals surface area contributed by atoms with E-state index in [0.717, 1.165) is 12.4 Å². The molecule has 0 spiro atoms. The minimum Gasteiger partial charge on any atom is -0.474 e. The highest BCUT2D eigenvalue weighted by molar-refractivity contribution is 5.34. The van der Waals surface area contributed by atoms with Crippen LogP contribution in [0.5, 0.6) is 5.88 Å². The molecule has 2 aromatic rings. The molecule has 0 bridgehead atoms. The summed E-state index contributed by atoms with van der Waals surface area (Å²) in [6.07, 6.45) is 7.16. The number of nitrogens with one attached hydrogen (secondary N) is 1. The monoisotopic (exact) mass is 300 g/mol.